The van der Waals surface area contributed by atoms with Crippen molar-refractivity contribution in [1.29, 1.82) is 0 Å². The van der Waals surface area contributed by atoms with E-state index in [9.17, 15) is 9.59 Å². The fourth-order valence-corrected chi connectivity index (χ4v) is 4.98. The molecular weight excluding hydrogens is 498 g/mol. The van der Waals surface area contributed by atoms with Gasteiger partial charge in [-0.15, -0.1) is 11.3 Å². The molecule has 8 nitrogen and oxygen atoms in total. The van der Waals surface area contributed by atoms with Crippen LogP contribution in [0.4, 0.5) is 0 Å². The highest BCUT2D eigenvalue weighted by atomic mass is 32.2. The van der Waals surface area contributed by atoms with E-state index in [-0.39, 0.29) is 17.4 Å². The smallest absolute Gasteiger partial charge is 0.343 e. The summed E-state index contributed by atoms with van der Waals surface area (Å²) in [6, 6.07) is 19.6. The molecule has 1 heterocycles. The summed E-state index contributed by atoms with van der Waals surface area (Å²) >= 11 is 2.91. The van der Waals surface area contributed by atoms with Crippen LogP contribution in [-0.2, 0) is 4.79 Å². The Bertz CT molecular complexity index is 1370. The zero-order chi connectivity index (χ0) is 25.3. The summed E-state index contributed by atoms with van der Waals surface area (Å²) in [6.45, 7) is 2.21. The number of para-hydroxylation sites is 1. The summed E-state index contributed by atoms with van der Waals surface area (Å²) in [6.07, 6.45) is 1.50. The molecule has 1 amide bonds. The summed E-state index contributed by atoms with van der Waals surface area (Å²) in [4.78, 5) is 29.3. The van der Waals surface area contributed by atoms with Crippen molar-refractivity contribution in [3.63, 3.8) is 0 Å². The number of benzene rings is 3. The van der Waals surface area contributed by atoms with E-state index in [0.29, 0.717) is 29.2 Å². The first-order chi connectivity index (χ1) is 17.6. The molecule has 4 rings (SSSR count). The van der Waals surface area contributed by atoms with Gasteiger partial charge in [0.15, 0.2) is 15.8 Å². The fourth-order valence-electron chi connectivity index (χ4n) is 3.12. The van der Waals surface area contributed by atoms with Gasteiger partial charge in [-0.25, -0.2) is 15.2 Å². The Hall–Kier alpha value is -3.89. The number of nitrogens with zero attached hydrogens (tertiary/aromatic N) is 2. The van der Waals surface area contributed by atoms with Crippen molar-refractivity contribution in [3.05, 3.63) is 77.9 Å². The van der Waals surface area contributed by atoms with E-state index >= 15 is 0 Å². The molecule has 184 valence electrons. The number of amides is 1. The second kappa shape index (κ2) is 12.2. The van der Waals surface area contributed by atoms with Crippen molar-refractivity contribution < 1.29 is 23.8 Å². The van der Waals surface area contributed by atoms with E-state index in [2.05, 4.69) is 15.5 Å². The molecule has 0 spiro atoms. The van der Waals surface area contributed by atoms with E-state index in [0.717, 1.165) is 14.6 Å². The molecule has 0 saturated carbocycles. The number of hydrazone groups is 1. The second-order valence-electron chi connectivity index (χ2n) is 7.29. The van der Waals surface area contributed by atoms with E-state index in [1.54, 1.807) is 53.8 Å². The van der Waals surface area contributed by atoms with Crippen molar-refractivity contribution in [2.45, 2.75) is 11.3 Å². The maximum absolute atomic E-state index is 12.6. The third kappa shape index (κ3) is 6.61. The van der Waals surface area contributed by atoms with Gasteiger partial charge in [-0.1, -0.05) is 30.0 Å². The van der Waals surface area contributed by atoms with E-state index in [4.69, 9.17) is 14.2 Å². The number of nitrogens with one attached hydrogen (secondary N) is 1. The molecule has 0 radical (unpaired) electrons. The minimum absolute atomic E-state index is 0.195. The van der Waals surface area contributed by atoms with Crippen LogP contribution in [0.1, 0.15) is 22.8 Å². The normalized spacial score (nSPS) is 10.9. The minimum atomic E-state index is -0.533. The summed E-state index contributed by atoms with van der Waals surface area (Å²) in [5.74, 6) is 0.633. The van der Waals surface area contributed by atoms with Gasteiger partial charge in [-0.2, -0.15) is 5.10 Å². The molecule has 0 unspecified atom stereocenters. The lowest BCUT2D eigenvalue weighted by Gasteiger charge is -2.11. The third-order valence-electron chi connectivity index (χ3n) is 4.78. The Morgan fingerprint density at radius 1 is 1.08 bits per heavy atom. The van der Waals surface area contributed by atoms with Crippen molar-refractivity contribution in [2.75, 3.05) is 19.5 Å². The molecule has 0 aliphatic rings. The number of methoxy groups -OCH3 is 1. The molecule has 1 aromatic heterocycles. The summed E-state index contributed by atoms with van der Waals surface area (Å²) in [7, 11) is 1.53. The highest BCUT2D eigenvalue weighted by Gasteiger charge is 2.14. The van der Waals surface area contributed by atoms with Gasteiger partial charge in [0.25, 0.3) is 5.91 Å². The van der Waals surface area contributed by atoms with E-state index < -0.39 is 5.97 Å². The molecule has 0 atom stereocenters. The monoisotopic (exact) mass is 521 g/mol. The summed E-state index contributed by atoms with van der Waals surface area (Å²) in [5.41, 5.74) is 4.46. The zero-order valence-electron chi connectivity index (χ0n) is 19.6. The van der Waals surface area contributed by atoms with Crippen LogP contribution in [0, 0.1) is 0 Å². The Kier molecular flexibility index (Phi) is 8.53. The molecule has 10 heteroatoms. The van der Waals surface area contributed by atoms with Crippen molar-refractivity contribution >= 4 is 51.4 Å². The number of carbonyl (C=O) groups excluding carboxylic acids is 2. The van der Waals surface area contributed by atoms with Crippen molar-refractivity contribution in [2.24, 2.45) is 5.10 Å². The molecule has 1 N–H and O–H groups in total. The first-order valence-corrected chi connectivity index (χ1v) is 12.8. The lowest BCUT2D eigenvalue weighted by Crippen LogP contribution is -2.19. The first-order valence-electron chi connectivity index (χ1n) is 11.0. The van der Waals surface area contributed by atoms with Gasteiger partial charge in [-0.3, -0.25) is 4.79 Å². The van der Waals surface area contributed by atoms with Gasteiger partial charge in [0, 0.05) is 0 Å². The third-order valence-corrected chi connectivity index (χ3v) is 6.96. The van der Waals surface area contributed by atoms with Gasteiger partial charge in [0.1, 0.15) is 5.75 Å². The lowest BCUT2D eigenvalue weighted by atomic mass is 10.2. The topological polar surface area (TPSA) is 99.1 Å². The summed E-state index contributed by atoms with van der Waals surface area (Å²) < 4.78 is 18.2. The molecule has 0 aliphatic heterocycles. The maximum Gasteiger partial charge on any atom is 0.343 e. The molecule has 0 fully saturated rings. The maximum atomic E-state index is 12.6. The Morgan fingerprint density at radius 3 is 2.75 bits per heavy atom. The molecule has 4 aromatic rings. The highest BCUT2D eigenvalue weighted by Crippen LogP contribution is 2.30. The minimum Gasteiger partial charge on any atom is -0.497 e. The van der Waals surface area contributed by atoms with Crippen LogP contribution in [-0.4, -0.2) is 42.5 Å². The number of thiazole rings is 1. The number of hydrogen-bond acceptors (Lipinski definition) is 9. The van der Waals surface area contributed by atoms with Gasteiger partial charge in [0.2, 0.25) is 0 Å². The molecule has 0 bridgehead atoms. The van der Waals surface area contributed by atoms with Gasteiger partial charge < -0.3 is 14.2 Å². The number of thioether (sulfide) groups is 1. The molecule has 36 heavy (non-hydrogen) atoms. The Morgan fingerprint density at radius 2 is 1.94 bits per heavy atom. The van der Waals surface area contributed by atoms with Crippen LogP contribution >= 0.6 is 23.1 Å². The van der Waals surface area contributed by atoms with Gasteiger partial charge in [0.05, 0.1) is 41.5 Å². The zero-order valence-corrected chi connectivity index (χ0v) is 21.2. The largest absolute Gasteiger partial charge is 0.497 e. The molecular formula is C26H23N3O5S2. The predicted molar refractivity (Wildman–Crippen MR) is 142 cm³/mol. The number of aromatic nitrogens is 1. The van der Waals surface area contributed by atoms with E-state index in [1.807, 2.05) is 31.2 Å². The van der Waals surface area contributed by atoms with Crippen LogP contribution < -0.4 is 19.6 Å². The number of ether oxygens (including phenoxy) is 3. The SMILES string of the molecule is CCOc1cc(C=NNC(=O)CSc2nc3ccccc3s2)ccc1OC(=O)c1cccc(OC)c1. The average Bonchev–Trinajstić information content (AvgIpc) is 3.32. The first kappa shape index (κ1) is 25.2. The van der Waals surface area contributed by atoms with Crippen LogP contribution in [0.5, 0.6) is 17.2 Å². The number of fused-ring (bicyclic) bond motifs is 1. The van der Waals surface area contributed by atoms with Gasteiger partial charge in [-0.05, 0) is 61.0 Å². The van der Waals surface area contributed by atoms with Crippen LogP contribution in [0.3, 0.4) is 0 Å². The number of hydrogen-bond donors (Lipinski definition) is 1. The fraction of sp³-hybridized carbons (Fsp3) is 0.154. The Balaban J connectivity index is 1.35. The summed E-state index contributed by atoms with van der Waals surface area (Å²) in [5, 5.41) is 4.02. The van der Waals surface area contributed by atoms with Gasteiger partial charge >= 0.3 is 5.97 Å². The predicted octanol–water partition coefficient (Wildman–Crippen LogP) is 5.17. The Labute approximate surface area is 216 Å². The number of carbonyl (C=O) groups is 2. The average molecular weight is 522 g/mol. The quantitative estimate of drug-likeness (QED) is 0.101. The van der Waals surface area contributed by atoms with Crippen LogP contribution in [0.15, 0.2) is 76.2 Å². The van der Waals surface area contributed by atoms with E-state index in [1.165, 1.54) is 25.1 Å². The standard InChI is InChI=1S/C26H23N3O5S2/c1-3-33-22-13-17(11-12-21(22)34-25(31)18-7-6-8-19(14-18)32-2)15-27-29-24(30)16-35-26-28-20-9-4-5-10-23(20)36-26/h4-15H,3,16H2,1-2H3,(H,29,30). The molecule has 0 saturated heterocycles. The second-order valence-corrected chi connectivity index (χ2v) is 9.54. The van der Waals surface area contributed by atoms with Crippen LogP contribution in [0.25, 0.3) is 10.2 Å². The molecule has 3 aromatic carbocycles. The van der Waals surface area contributed by atoms with Crippen molar-refractivity contribution in [1.82, 2.24) is 10.4 Å². The van der Waals surface area contributed by atoms with Crippen LogP contribution in [0.2, 0.25) is 0 Å². The lowest BCUT2D eigenvalue weighted by molar-refractivity contribution is -0.118. The number of rotatable bonds is 10. The number of esters is 1. The molecule has 0 aliphatic carbocycles. The van der Waals surface area contributed by atoms with Crippen molar-refractivity contribution in [3.8, 4) is 17.2 Å². The highest BCUT2D eigenvalue weighted by molar-refractivity contribution is 8.01.